The molecule has 0 radical (unpaired) electrons. The molecule has 1 aromatic rings. The Hall–Kier alpha value is -1.91. The van der Waals surface area contributed by atoms with E-state index in [1.54, 1.807) is 18.2 Å². The summed E-state index contributed by atoms with van der Waals surface area (Å²) in [5, 5.41) is 2.88. The van der Waals surface area contributed by atoms with E-state index in [1.807, 2.05) is 6.92 Å². The van der Waals surface area contributed by atoms with Gasteiger partial charge in [0.05, 0.1) is 18.8 Å². The average Bonchev–Trinajstić information content (AvgIpc) is 2.26. The first-order valence-electron chi connectivity index (χ1n) is 5.18. The standard InChI is InChI=1S/C11H17N3O2/c1-2-5-16-10-6-8(3-4-9(10)12)14-7-11(13)15/h3-4,6,14H,2,5,7,12H2,1H3,(H2,13,15). The summed E-state index contributed by atoms with van der Waals surface area (Å²) in [6.45, 7) is 2.73. The Morgan fingerprint density at radius 3 is 2.88 bits per heavy atom. The van der Waals surface area contributed by atoms with Gasteiger partial charge < -0.3 is 21.5 Å². The van der Waals surface area contributed by atoms with E-state index in [9.17, 15) is 4.79 Å². The van der Waals surface area contributed by atoms with Crippen molar-refractivity contribution in [1.82, 2.24) is 0 Å². The number of nitrogen functional groups attached to an aromatic ring is 1. The van der Waals surface area contributed by atoms with Crippen molar-refractivity contribution < 1.29 is 9.53 Å². The molecule has 88 valence electrons. The molecule has 5 heteroatoms. The molecule has 1 aromatic carbocycles. The zero-order valence-corrected chi connectivity index (χ0v) is 9.32. The van der Waals surface area contributed by atoms with E-state index in [2.05, 4.69) is 5.32 Å². The van der Waals surface area contributed by atoms with E-state index in [4.69, 9.17) is 16.2 Å². The second kappa shape index (κ2) is 5.85. The molecule has 0 fully saturated rings. The van der Waals surface area contributed by atoms with Crippen molar-refractivity contribution in [3.05, 3.63) is 18.2 Å². The Labute approximate surface area is 94.8 Å². The van der Waals surface area contributed by atoms with Crippen molar-refractivity contribution in [3.8, 4) is 5.75 Å². The van der Waals surface area contributed by atoms with Gasteiger partial charge in [0.25, 0.3) is 0 Å². The van der Waals surface area contributed by atoms with Crippen molar-refractivity contribution in [1.29, 1.82) is 0 Å². The van der Waals surface area contributed by atoms with Crippen molar-refractivity contribution in [2.75, 3.05) is 24.2 Å². The van der Waals surface area contributed by atoms with Crippen LogP contribution in [0.2, 0.25) is 0 Å². The van der Waals surface area contributed by atoms with Gasteiger partial charge in [-0.3, -0.25) is 4.79 Å². The van der Waals surface area contributed by atoms with Gasteiger partial charge in [-0.15, -0.1) is 0 Å². The second-order valence-corrected chi connectivity index (χ2v) is 3.42. The van der Waals surface area contributed by atoms with Gasteiger partial charge in [-0.2, -0.15) is 0 Å². The molecule has 0 bridgehead atoms. The Morgan fingerprint density at radius 1 is 1.50 bits per heavy atom. The third-order valence-electron chi connectivity index (χ3n) is 1.94. The number of anilines is 2. The van der Waals surface area contributed by atoms with E-state index in [-0.39, 0.29) is 6.54 Å². The summed E-state index contributed by atoms with van der Waals surface area (Å²) in [4.78, 5) is 10.6. The largest absolute Gasteiger partial charge is 0.491 e. The lowest BCUT2D eigenvalue weighted by atomic mass is 10.2. The van der Waals surface area contributed by atoms with Crippen LogP contribution in [0, 0.1) is 0 Å². The Kier molecular flexibility index (Phi) is 4.44. The molecule has 0 aliphatic heterocycles. The number of benzene rings is 1. The molecule has 0 spiro atoms. The highest BCUT2D eigenvalue weighted by Gasteiger charge is 2.02. The van der Waals surface area contributed by atoms with Crippen molar-refractivity contribution in [2.45, 2.75) is 13.3 Å². The molecule has 1 amide bonds. The lowest BCUT2D eigenvalue weighted by molar-refractivity contribution is -0.116. The minimum atomic E-state index is -0.409. The third kappa shape index (κ3) is 3.68. The van der Waals surface area contributed by atoms with Crippen LogP contribution >= 0.6 is 0 Å². The van der Waals surface area contributed by atoms with Crippen LogP contribution in [0.4, 0.5) is 11.4 Å². The topological polar surface area (TPSA) is 90.4 Å². The van der Waals surface area contributed by atoms with Gasteiger partial charge in [0.1, 0.15) is 5.75 Å². The summed E-state index contributed by atoms with van der Waals surface area (Å²) in [7, 11) is 0. The molecular formula is C11H17N3O2. The predicted molar refractivity (Wildman–Crippen MR) is 64.3 cm³/mol. The number of rotatable bonds is 6. The summed E-state index contributed by atoms with van der Waals surface area (Å²) >= 11 is 0. The van der Waals surface area contributed by atoms with E-state index in [0.717, 1.165) is 12.1 Å². The Morgan fingerprint density at radius 2 is 2.25 bits per heavy atom. The number of nitrogens with two attached hydrogens (primary N) is 2. The maximum atomic E-state index is 10.6. The predicted octanol–water partition coefficient (Wildman–Crippen LogP) is 0.955. The third-order valence-corrected chi connectivity index (χ3v) is 1.94. The second-order valence-electron chi connectivity index (χ2n) is 3.42. The number of ether oxygens (including phenoxy) is 1. The maximum Gasteiger partial charge on any atom is 0.236 e. The van der Waals surface area contributed by atoms with E-state index < -0.39 is 5.91 Å². The molecule has 5 N–H and O–H groups in total. The number of carbonyl (C=O) groups is 1. The summed E-state index contributed by atoms with van der Waals surface area (Å²) in [5.41, 5.74) is 12.1. The van der Waals surface area contributed by atoms with Gasteiger partial charge >= 0.3 is 0 Å². The maximum absolute atomic E-state index is 10.6. The summed E-state index contributed by atoms with van der Waals surface area (Å²) in [6, 6.07) is 5.26. The van der Waals surface area contributed by atoms with Gasteiger partial charge in [-0.1, -0.05) is 6.92 Å². The normalized spacial score (nSPS) is 9.81. The molecule has 0 aliphatic carbocycles. The fraction of sp³-hybridized carbons (Fsp3) is 0.364. The molecule has 0 aromatic heterocycles. The van der Waals surface area contributed by atoms with Crippen LogP contribution in [0.1, 0.15) is 13.3 Å². The number of amides is 1. The molecular weight excluding hydrogens is 206 g/mol. The van der Waals surface area contributed by atoms with E-state index >= 15 is 0 Å². The smallest absolute Gasteiger partial charge is 0.236 e. The van der Waals surface area contributed by atoms with Crippen LogP contribution in [0.3, 0.4) is 0 Å². The molecule has 0 saturated heterocycles. The SMILES string of the molecule is CCCOc1cc(NCC(N)=O)ccc1N. The highest BCUT2D eigenvalue weighted by Crippen LogP contribution is 2.25. The summed E-state index contributed by atoms with van der Waals surface area (Å²) in [5.74, 6) is 0.212. The highest BCUT2D eigenvalue weighted by molar-refractivity contribution is 5.79. The number of nitrogens with one attached hydrogen (secondary N) is 1. The molecule has 0 atom stereocenters. The quantitative estimate of drug-likeness (QED) is 0.626. The van der Waals surface area contributed by atoms with Crippen LogP contribution in [0.5, 0.6) is 5.75 Å². The van der Waals surface area contributed by atoms with Crippen molar-refractivity contribution >= 4 is 17.3 Å². The first-order valence-corrected chi connectivity index (χ1v) is 5.18. The van der Waals surface area contributed by atoms with Crippen LogP contribution in [0.25, 0.3) is 0 Å². The van der Waals surface area contributed by atoms with Gasteiger partial charge in [0.15, 0.2) is 0 Å². The molecule has 16 heavy (non-hydrogen) atoms. The Bertz CT molecular complexity index is 366. The number of primary amides is 1. The minimum absolute atomic E-state index is 0.0944. The monoisotopic (exact) mass is 223 g/mol. The zero-order chi connectivity index (χ0) is 12.0. The number of carbonyl (C=O) groups excluding carboxylic acids is 1. The fourth-order valence-electron chi connectivity index (χ4n) is 1.17. The molecule has 5 nitrogen and oxygen atoms in total. The van der Waals surface area contributed by atoms with Crippen LogP contribution in [-0.4, -0.2) is 19.1 Å². The fourth-order valence-corrected chi connectivity index (χ4v) is 1.17. The first-order chi connectivity index (χ1) is 7.63. The zero-order valence-electron chi connectivity index (χ0n) is 9.32. The molecule has 0 heterocycles. The van der Waals surface area contributed by atoms with Gasteiger partial charge in [-0.25, -0.2) is 0 Å². The van der Waals surface area contributed by atoms with Crippen LogP contribution in [0.15, 0.2) is 18.2 Å². The van der Waals surface area contributed by atoms with E-state index in [0.29, 0.717) is 18.0 Å². The first kappa shape index (κ1) is 12.2. The van der Waals surface area contributed by atoms with E-state index in [1.165, 1.54) is 0 Å². The van der Waals surface area contributed by atoms with Crippen molar-refractivity contribution in [3.63, 3.8) is 0 Å². The lowest BCUT2D eigenvalue weighted by Gasteiger charge is -2.10. The molecule has 1 rings (SSSR count). The Balaban J connectivity index is 2.68. The van der Waals surface area contributed by atoms with Crippen LogP contribution < -0.4 is 21.5 Å². The highest BCUT2D eigenvalue weighted by atomic mass is 16.5. The minimum Gasteiger partial charge on any atom is -0.491 e. The van der Waals surface area contributed by atoms with Gasteiger partial charge in [0.2, 0.25) is 5.91 Å². The number of hydrogen-bond donors (Lipinski definition) is 3. The summed E-state index contributed by atoms with van der Waals surface area (Å²) < 4.78 is 5.45. The molecule has 0 saturated carbocycles. The van der Waals surface area contributed by atoms with Gasteiger partial charge in [0, 0.05) is 11.8 Å². The molecule has 0 unspecified atom stereocenters. The summed E-state index contributed by atoms with van der Waals surface area (Å²) in [6.07, 6.45) is 0.915. The molecule has 0 aliphatic rings. The number of hydrogen-bond acceptors (Lipinski definition) is 4. The van der Waals surface area contributed by atoms with Crippen molar-refractivity contribution in [2.24, 2.45) is 5.73 Å². The van der Waals surface area contributed by atoms with Gasteiger partial charge in [-0.05, 0) is 18.6 Å². The lowest BCUT2D eigenvalue weighted by Crippen LogP contribution is -2.21. The average molecular weight is 223 g/mol. The van der Waals surface area contributed by atoms with Crippen LogP contribution in [-0.2, 0) is 4.79 Å².